The quantitative estimate of drug-likeness (QED) is 0.861. The van der Waals surface area contributed by atoms with Crippen LogP contribution in [0.25, 0.3) is 0 Å². The summed E-state index contributed by atoms with van der Waals surface area (Å²) in [5.41, 5.74) is 2.39. The topological polar surface area (TPSA) is 29.5 Å². The van der Waals surface area contributed by atoms with Gasteiger partial charge in [0, 0.05) is 0 Å². The van der Waals surface area contributed by atoms with E-state index in [0.29, 0.717) is 6.61 Å². The van der Waals surface area contributed by atoms with Gasteiger partial charge in [-0.15, -0.1) is 0 Å². The van der Waals surface area contributed by atoms with Crippen LogP contribution in [0.5, 0.6) is 11.5 Å². The van der Waals surface area contributed by atoms with Gasteiger partial charge in [-0.25, -0.2) is 0 Å². The van der Waals surface area contributed by atoms with Crippen molar-refractivity contribution in [2.45, 2.75) is 26.4 Å². The van der Waals surface area contributed by atoms with Crippen LogP contribution < -0.4 is 4.74 Å². The fourth-order valence-electron chi connectivity index (χ4n) is 1.80. The summed E-state index contributed by atoms with van der Waals surface area (Å²) in [6, 6.07) is 15.3. The molecule has 18 heavy (non-hydrogen) atoms. The van der Waals surface area contributed by atoms with E-state index in [4.69, 9.17) is 4.74 Å². The van der Waals surface area contributed by atoms with Gasteiger partial charge in [0.25, 0.3) is 0 Å². The molecule has 0 aliphatic carbocycles. The molecule has 0 unspecified atom stereocenters. The lowest BCUT2D eigenvalue weighted by Crippen LogP contribution is -1.95. The van der Waals surface area contributed by atoms with E-state index in [1.807, 2.05) is 24.3 Å². The van der Waals surface area contributed by atoms with Gasteiger partial charge in [-0.2, -0.15) is 0 Å². The van der Waals surface area contributed by atoms with Gasteiger partial charge in [-0.05, 0) is 41.8 Å². The predicted molar refractivity (Wildman–Crippen MR) is 72.9 cm³/mol. The molecular weight excluding hydrogens is 224 g/mol. The summed E-state index contributed by atoms with van der Waals surface area (Å²) in [6.07, 6.45) is 2.27. The van der Waals surface area contributed by atoms with Crippen molar-refractivity contribution in [3.8, 4) is 11.5 Å². The number of rotatable bonds is 5. The van der Waals surface area contributed by atoms with Gasteiger partial charge in [0.1, 0.15) is 18.1 Å². The van der Waals surface area contributed by atoms with E-state index in [1.54, 1.807) is 12.1 Å². The minimum absolute atomic E-state index is 0.280. The summed E-state index contributed by atoms with van der Waals surface area (Å²) in [7, 11) is 0. The highest BCUT2D eigenvalue weighted by Crippen LogP contribution is 2.16. The van der Waals surface area contributed by atoms with Crippen molar-refractivity contribution in [3.05, 3.63) is 59.7 Å². The van der Waals surface area contributed by atoms with Crippen molar-refractivity contribution >= 4 is 0 Å². The lowest BCUT2D eigenvalue weighted by molar-refractivity contribution is 0.306. The molecule has 2 aromatic carbocycles. The first-order valence-electron chi connectivity index (χ1n) is 6.27. The number of phenolic OH excluding ortho intramolecular Hbond substituents is 1. The lowest BCUT2D eigenvalue weighted by Gasteiger charge is -2.07. The van der Waals surface area contributed by atoms with Crippen molar-refractivity contribution in [2.24, 2.45) is 0 Å². The van der Waals surface area contributed by atoms with Gasteiger partial charge in [0.15, 0.2) is 0 Å². The molecule has 1 N–H and O–H groups in total. The van der Waals surface area contributed by atoms with Gasteiger partial charge in [0.2, 0.25) is 0 Å². The number of hydrogen-bond donors (Lipinski definition) is 1. The van der Waals surface area contributed by atoms with E-state index >= 15 is 0 Å². The van der Waals surface area contributed by atoms with Gasteiger partial charge in [-0.3, -0.25) is 0 Å². The third-order valence-corrected chi connectivity index (χ3v) is 2.80. The SMILES string of the molecule is CCCc1ccc(OCc2ccc(O)cc2)cc1. The first-order valence-corrected chi connectivity index (χ1v) is 6.27. The van der Waals surface area contributed by atoms with E-state index < -0.39 is 0 Å². The molecule has 2 heteroatoms. The normalized spacial score (nSPS) is 10.3. The Hall–Kier alpha value is -1.96. The molecule has 0 aliphatic rings. The third-order valence-electron chi connectivity index (χ3n) is 2.80. The molecule has 0 saturated heterocycles. The molecule has 0 aliphatic heterocycles. The fraction of sp³-hybridized carbons (Fsp3) is 0.250. The van der Waals surface area contributed by atoms with Gasteiger partial charge in [-0.1, -0.05) is 37.6 Å². The molecule has 2 aromatic rings. The fourth-order valence-corrected chi connectivity index (χ4v) is 1.80. The Morgan fingerprint density at radius 1 is 0.889 bits per heavy atom. The molecule has 2 rings (SSSR count). The Morgan fingerprint density at radius 2 is 1.50 bits per heavy atom. The maximum Gasteiger partial charge on any atom is 0.119 e. The lowest BCUT2D eigenvalue weighted by atomic mass is 10.1. The number of aryl methyl sites for hydroxylation is 1. The highest BCUT2D eigenvalue weighted by atomic mass is 16.5. The average molecular weight is 242 g/mol. The van der Waals surface area contributed by atoms with Crippen LogP contribution in [-0.2, 0) is 13.0 Å². The molecule has 0 bridgehead atoms. The summed E-state index contributed by atoms with van der Waals surface area (Å²) in [5, 5.41) is 9.18. The summed E-state index contributed by atoms with van der Waals surface area (Å²) in [5.74, 6) is 1.16. The predicted octanol–water partition coefficient (Wildman–Crippen LogP) is 3.92. The first kappa shape index (κ1) is 12.5. The van der Waals surface area contributed by atoms with E-state index in [9.17, 15) is 5.11 Å². The van der Waals surface area contributed by atoms with Gasteiger partial charge < -0.3 is 9.84 Å². The second kappa shape index (κ2) is 6.10. The molecule has 0 heterocycles. The van der Waals surface area contributed by atoms with Crippen LogP contribution in [0.4, 0.5) is 0 Å². The molecule has 0 fully saturated rings. The number of benzene rings is 2. The van der Waals surface area contributed by atoms with Crippen molar-refractivity contribution < 1.29 is 9.84 Å². The van der Waals surface area contributed by atoms with Crippen LogP contribution in [0.3, 0.4) is 0 Å². The molecular formula is C16H18O2. The van der Waals surface area contributed by atoms with E-state index in [2.05, 4.69) is 19.1 Å². The zero-order valence-electron chi connectivity index (χ0n) is 10.6. The molecule has 0 saturated carbocycles. The standard InChI is InChI=1S/C16H18O2/c1-2-3-13-6-10-16(11-7-13)18-12-14-4-8-15(17)9-5-14/h4-11,17H,2-3,12H2,1H3. The van der Waals surface area contributed by atoms with E-state index in [-0.39, 0.29) is 5.75 Å². The number of ether oxygens (including phenoxy) is 1. The highest BCUT2D eigenvalue weighted by molar-refractivity contribution is 5.29. The van der Waals surface area contributed by atoms with Gasteiger partial charge >= 0.3 is 0 Å². The molecule has 0 radical (unpaired) electrons. The number of aromatic hydroxyl groups is 1. The molecule has 0 spiro atoms. The summed E-state index contributed by atoms with van der Waals surface area (Å²) in [4.78, 5) is 0. The van der Waals surface area contributed by atoms with Crippen LogP contribution in [-0.4, -0.2) is 5.11 Å². The van der Waals surface area contributed by atoms with E-state index in [1.165, 1.54) is 5.56 Å². The minimum atomic E-state index is 0.280. The zero-order chi connectivity index (χ0) is 12.8. The number of phenols is 1. The first-order chi connectivity index (χ1) is 8.78. The smallest absolute Gasteiger partial charge is 0.119 e. The highest BCUT2D eigenvalue weighted by Gasteiger charge is 1.97. The summed E-state index contributed by atoms with van der Waals surface area (Å²) >= 11 is 0. The van der Waals surface area contributed by atoms with Crippen LogP contribution in [0, 0.1) is 0 Å². The Bertz CT molecular complexity index is 471. The average Bonchev–Trinajstić information content (AvgIpc) is 2.40. The maximum absolute atomic E-state index is 9.18. The summed E-state index contributed by atoms with van der Waals surface area (Å²) < 4.78 is 5.68. The monoisotopic (exact) mass is 242 g/mol. The summed E-state index contributed by atoms with van der Waals surface area (Å²) in [6.45, 7) is 2.70. The van der Waals surface area contributed by atoms with Crippen molar-refractivity contribution in [1.29, 1.82) is 0 Å². The molecule has 2 nitrogen and oxygen atoms in total. The largest absolute Gasteiger partial charge is 0.508 e. The van der Waals surface area contributed by atoms with Crippen molar-refractivity contribution in [2.75, 3.05) is 0 Å². The van der Waals surface area contributed by atoms with Crippen LogP contribution in [0.15, 0.2) is 48.5 Å². The van der Waals surface area contributed by atoms with Crippen LogP contribution in [0.2, 0.25) is 0 Å². The second-order valence-corrected chi connectivity index (χ2v) is 4.35. The Labute approximate surface area is 108 Å². The number of hydrogen-bond acceptors (Lipinski definition) is 2. The maximum atomic E-state index is 9.18. The van der Waals surface area contributed by atoms with Gasteiger partial charge in [0.05, 0.1) is 0 Å². The molecule has 0 aromatic heterocycles. The Balaban J connectivity index is 1.91. The van der Waals surface area contributed by atoms with Crippen molar-refractivity contribution in [3.63, 3.8) is 0 Å². The third kappa shape index (κ3) is 3.52. The Morgan fingerprint density at radius 3 is 2.11 bits per heavy atom. The van der Waals surface area contributed by atoms with E-state index in [0.717, 1.165) is 24.2 Å². The molecule has 0 amide bonds. The molecule has 0 atom stereocenters. The van der Waals surface area contributed by atoms with Crippen LogP contribution >= 0.6 is 0 Å². The minimum Gasteiger partial charge on any atom is -0.508 e. The molecule has 94 valence electrons. The Kier molecular flexibility index (Phi) is 4.24. The van der Waals surface area contributed by atoms with Crippen molar-refractivity contribution in [1.82, 2.24) is 0 Å². The zero-order valence-corrected chi connectivity index (χ0v) is 10.6. The second-order valence-electron chi connectivity index (χ2n) is 4.35. The van der Waals surface area contributed by atoms with Crippen LogP contribution in [0.1, 0.15) is 24.5 Å².